The van der Waals surface area contributed by atoms with E-state index in [1.165, 1.54) is 26.7 Å². The van der Waals surface area contributed by atoms with E-state index in [9.17, 15) is 43.9 Å². The SMILES string of the molecule is CC(C)Oc1ccc(-c2nc(-c3cccc4c3CCC3CC(=O)N(CCO)C43)no2)cc1C#N.CCCN.CCCN1C(=O)CC2CCc3c(Br)cccc3C21.CCOC(=O)CBr.CCOC(=O)CC1CCc2c(Br)cccc2C1=O.O=C1CCCc2c(Br)cccc21.O=C1CCCc2ccccc21. The largest absolute Gasteiger partial charge is 0.490 e. The van der Waals surface area contributed by atoms with Crippen molar-refractivity contribution in [3.8, 4) is 34.7 Å². The fourth-order valence-corrected chi connectivity index (χ4v) is 16.3. The molecule has 3 N–H and O–H groups in total. The second kappa shape index (κ2) is 40.8. The highest BCUT2D eigenvalue weighted by Gasteiger charge is 2.45. The topological polar surface area (TPSA) is 263 Å². The fourth-order valence-electron chi connectivity index (χ4n) is 14.4. The van der Waals surface area contributed by atoms with Gasteiger partial charge in [0.1, 0.15) is 17.1 Å². The zero-order valence-corrected chi connectivity index (χ0v) is 66.5. The lowest BCUT2D eigenvalue weighted by atomic mass is 9.78. The minimum atomic E-state index is -0.283. The molecule has 7 aromatic rings. The highest BCUT2D eigenvalue weighted by atomic mass is 79.9. The van der Waals surface area contributed by atoms with Crippen LogP contribution in [0.5, 0.6) is 5.75 Å². The first kappa shape index (κ1) is 82.1. The van der Waals surface area contributed by atoms with Gasteiger partial charge in [-0.2, -0.15) is 10.2 Å². The maximum atomic E-state index is 12.5. The predicted octanol–water partition coefficient (Wildman–Crippen LogP) is 17.2. The number of rotatable bonds is 14. The van der Waals surface area contributed by atoms with Gasteiger partial charge >= 0.3 is 11.9 Å². The normalized spacial score (nSPS) is 18.3. The summed E-state index contributed by atoms with van der Waals surface area (Å²) in [5.41, 5.74) is 18.0. The molecule has 7 aliphatic rings. The minimum Gasteiger partial charge on any atom is -0.490 e. The number of nitrogens with two attached hydrogens (primary N) is 1. The number of amides is 2. The number of ketones is 3. The number of esters is 2. The lowest BCUT2D eigenvalue weighted by Gasteiger charge is -2.34. The summed E-state index contributed by atoms with van der Waals surface area (Å²) in [6, 6.07) is 39.5. The minimum absolute atomic E-state index is 0.0265. The smallest absolute Gasteiger partial charge is 0.316 e. The fraction of sp³-hybridized carbons (Fsp3) is 0.439. The summed E-state index contributed by atoms with van der Waals surface area (Å²) in [6.07, 6.45) is 14.6. The average Bonchev–Trinajstić information content (AvgIpc) is 1.55. The number of ether oxygens (including phenoxy) is 3. The first-order chi connectivity index (χ1) is 50.2. The van der Waals surface area contributed by atoms with Crippen LogP contribution in [0.2, 0.25) is 0 Å². The number of benzene rings is 6. The Hall–Kier alpha value is -7.52. The summed E-state index contributed by atoms with van der Waals surface area (Å²) in [5, 5.41) is 23.5. The molecule has 2 fully saturated rings. The van der Waals surface area contributed by atoms with Crippen LogP contribution in [0.4, 0.5) is 0 Å². The van der Waals surface area contributed by atoms with Gasteiger partial charge in [0, 0.05) is 85.9 Å². The van der Waals surface area contributed by atoms with Gasteiger partial charge < -0.3 is 39.4 Å². The predicted molar refractivity (Wildman–Crippen MR) is 415 cm³/mol. The first-order valence-electron chi connectivity index (χ1n) is 36.2. The Bertz CT molecular complexity index is 4190. The van der Waals surface area contributed by atoms with Crippen molar-refractivity contribution >= 4 is 105 Å². The number of likely N-dealkylation sites (tertiary alicyclic amines) is 2. The monoisotopic (exact) mass is 1670 g/mol. The third kappa shape index (κ3) is 21.2. The van der Waals surface area contributed by atoms with E-state index in [2.05, 4.69) is 128 Å². The van der Waals surface area contributed by atoms with Gasteiger partial charge in [0.15, 0.2) is 17.3 Å². The highest BCUT2D eigenvalue weighted by Crippen LogP contribution is 2.49. The Kier molecular flexibility index (Phi) is 32.2. The van der Waals surface area contributed by atoms with Gasteiger partial charge in [-0.15, -0.1) is 0 Å². The maximum Gasteiger partial charge on any atom is 0.316 e. The number of halogens is 4. The molecule has 5 atom stereocenters. The number of aromatic nitrogens is 2. The van der Waals surface area contributed by atoms with Gasteiger partial charge in [0.05, 0.1) is 50.0 Å². The lowest BCUT2D eigenvalue weighted by molar-refractivity contribution is -0.144. The number of fused-ring (bicyclic) bond motifs is 9. The number of carbonyl (C=O) groups excluding carboxylic acids is 7. The first-order valence-corrected chi connectivity index (χ1v) is 39.7. The van der Waals surface area contributed by atoms with E-state index in [0.717, 1.165) is 144 Å². The zero-order chi connectivity index (χ0) is 75.0. The Morgan fingerprint density at radius 1 is 0.635 bits per heavy atom. The number of aliphatic hydroxyl groups excluding tert-OH is 1. The summed E-state index contributed by atoms with van der Waals surface area (Å²) < 4.78 is 23.9. The summed E-state index contributed by atoms with van der Waals surface area (Å²) in [5.74, 6) is 2.51. The van der Waals surface area contributed by atoms with Crippen LogP contribution in [0.1, 0.15) is 206 Å². The van der Waals surface area contributed by atoms with Crippen LogP contribution < -0.4 is 10.5 Å². The van der Waals surface area contributed by atoms with Gasteiger partial charge in [-0.1, -0.05) is 162 Å². The molecule has 552 valence electrons. The molecule has 2 amide bonds. The number of nitrogens with zero attached hydrogens (tertiary/aromatic N) is 5. The van der Waals surface area contributed by atoms with Gasteiger partial charge in [-0.05, 0) is 198 Å². The molecular weight excluding hydrogens is 1580 g/mol. The Morgan fingerprint density at radius 3 is 1.76 bits per heavy atom. The third-order valence-corrected chi connectivity index (χ3v) is 21.8. The number of aryl methyl sites for hydroxylation is 1. The molecule has 22 heteroatoms. The third-order valence-electron chi connectivity index (χ3n) is 19.1. The number of hydrogen-bond donors (Lipinski definition) is 2. The van der Waals surface area contributed by atoms with Gasteiger partial charge in [-0.25, -0.2) is 0 Å². The van der Waals surface area contributed by atoms with Crippen LogP contribution in [0, 0.1) is 29.1 Å². The van der Waals surface area contributed by atoms with Crippen LogP contribution in [-0.4, -0.2) is 117 Å². The Balaban J connectivity index is 0.000000168. The van der Waals surface area contributed by atoms with E-state index in [-0.39, 0.29) is 66.4 Å². The Labute approximate surface area is 644 Å². The second-order valence-corrected chi connectivity index (χ2v) is 29.6. The molecule has 3 heterocycles. The summed E-state index contributed by atoms with van der Waals surface area (Å²) >= 11 is 13.5. The molecule has 0 radical (unpaired) electrons. The van der Waals surface area contributed by atoms with E-state index in [4.69, 9.17) is 19.7 Å². The molecule has 104 heavy (non-hydrogen) atoms. The van der Waals surface area contributed by atoms with Crippen molar-refractivity contribution in [3.05, 3.63) is 190 Å². The average molecular weight is 1680 g/mol. The van der Waals surface area contributed by atoms with Crippen LogP contribution in [-0.2, 0) is 60.8 Å². The molecule has 2 aliphatic heterocycles. The molecule has 1 aromatic heterocycles. The van der Waals surface area contributed by atoms with Crippen molar-refractivity contribution < 1.29 is 57.4 Å². The number of β-amino-alcohol motifs (C(OH)–C–C–N with tert-alkyl or cyclic N) is 1. The van der Waals surface area contributed by atoms with Crippen LogP contribution in [0.25, 0.3) is 22.8 Å². The molecule has 18 nitrogen and oxygen atoms in total. The van der Waals surface area contributed by atoms with Crippen molar-refractivity contribution in [2.45, 2.75) is 169 Å². The molecule has 5 aliphatic carbocycles. The second-order valence-electron chi connectivity index (χ2n) is 26.5. The van der Waals surface area contributed by atoms with Gasteiger partial charge in [-0.3, -0.25) is 33.6 Å². The van der Waals surface area contributed by atoms with E-state index >= 15 is 0 Å². The zero-order valence-electron chi connectivity index (χ0n) is 60.2. The van der Waals surface area contributed by atoms with Crippen molar-refractivity contribution in [3.63, 3.8) is 0 Å². The van der Waals surface area contributed by atoms with E-state index in [1.807, 2.05) is 86.6 Å². The summed E-state index contributed by atoms with van der Waals surface area (Å²) in [6.45, 7) is 14.4. The van der Waals surface area contributed by atoms with E-state index in [0.29, 0.717) is 96.6 Å². The van der Waals surface area contributed by atoms with Crippen LogP contribution >= 0.6 is 63.7 Å². The Morgan fingerprint density at radius 2 is 1.17 bits per heavy atom. The summed E-state index contributed by atoms with van der Waals surface area (Å²) in [4.78, 5) is 89.8. The number of alkyl halides is 1. The lowest BCUT2D eigenvalue weighted by Crippen LogP contribution is -2.33. The number of carbonyl (C=O) groups is 7. The number of Topliss-reactive ketones (excluding diaryl/α,β-unsaturated/α-hetero) is 3. The van der Waals surface area contributed by atoms with E-state index < -0.39 is 0 Å². The quantitative estimate of drug-likeness (QED) is 0.0757. The molecule has 0 bridgehead atoms. The maximum absolute atomic E-state index is 12.5. The number of aliphatic hydroxyl groups is 1. The van der Waals surface area contributed by atoms with Crippen LogP contribution in [0.3, 0.4) is 0 Å². The summed E-state index contributed by atoms with van der Waals surface area (Å²) in [7, 11) is 0. The van der Waals surface area contributed by atoms with Crippen molar-refractivity contribution in [1.29, 1.82) is 5.26 Å². The molecule has 14 rings (SSSR count). The van der Waals surface area contributed by atoms with Gasteiger partial charge in [0.2, 0.25) is 17.6 Å². The molecule has 6 aromatic carbocycles. The molecule has 0 saturated carbocycles. The highest BCUT2D eigenvalue weighted by molar-refractivity contribution is 9.11. The molecular formula is C82H94Br4N6O12. The van der Waals surface area contributed by atoms with Crippen molar-refractivity contribution in [2.75, 3.05) is 44.8 Å². The van der Waals surface area contributed by atoms with Crippen molar-refractivity contribution in [1.82, 2.24) is 19.9 Å². The van der Waals surface area contributed by atoms with Crippen LogP contribution in [0.15, 0.2) is 133 Å². The molecule has 2 saturated heterocycles. The standard InChI is InChI=1S/C26H26N4O4.C15H18BrNO.C14H15BrO3.C10H9BrO.C10H10O.C4H7BrO2.C3H9N/c1-15(2)33-22-9-7-17(12-18(22)14-27)26-28-25(29-34-26)21-5-3-4-20-19(21)8-6-16-13-23(32)30(10-11-31)24(16)20;1-2-8-17-14(18)9-10-6-7-11-12(15(10)17)4-3-5-13(11)16;1-2-18-13(16)8-9-6-7-10-11(14(9)17)4-3-5-12(10)15;11-9-5-1-4-8-7(9)3-2-6-10(8)12;11-10-7-3-5-8-4-1-2-6-9(8)10;1-2-7-4(6)3-5;1-2-3-4/h3-5,7,9,12,15-16,24,31H,6,8,10-11,13H2,1-2H3;3-5,10,15H,2,6-9H2,1H3;3-5,9H,2,6-8H2,1H3;1,4-5H,2-3,6H2;1-2,4,6H,3,5,7H2;2-3H2,1H3;2-4H2,1H3. The van der Waals surface area contributed by atoms with Crippen molar-refractivity contribution in [2.24, 2.45) is 23.5 Å². The van der Waals surface area contributed by atoms with E-state index in [1.54, 1.807) is 36.9 Å². The number of nitriles is 1. The van der Waals surface area contributed by atoms with Gasteiger partial charge in [0.25, 0.3) is 5.89 Å². The number of hydrogen-bond acceptors (Lipinski definition) is 16. The molecule has 0 spiro atoms. The molecule has 5 unspecified atom stereocenters.